The summed E-state index contributed by atoms with van der Waals surface area (Å²) < 4.78 is 5.40. The maximum absolute atomic E-state index is 12.9. The second-order valence-corrected chi connectivity index (χ2v) is 8.98. The standard InChI is InChI=1S/C27H29N7O2/c1-18-6-7-22(32-26(35)21-13-24(33-31-16-21)27(3,4)17-29)14-23(18)19(2)12-20(15-28)25(30-5)34-8-10-36-11-9-34/h6-7,12-14,16H,5,8-11H2,1-4H3,(H,32,35)/b19-12+,25-20-. The number of benzene rings is 1. The van der Waals surface area contributed by atoms with Crippen molar-refractivity contribution in [2.24, 2.45) is 4.99 Å². The molecule has 1 aromatic carbocycles. The van der Waals surface area contributed by atoms with E-state index in [0.29, 0.717) is 54.6 Å². The monoisotopic (exact) mass is 483 g/mol. The van der Waals surface area contributed by atoms with Crippen LogP contribution in [0.3, 0.4) is 0 Å². The molecule has 2 heterocycles. The number of rotatable bonds is 7. The third-order valence-corrected chi connectivity index (χ3v) is 5.94. The van der Waals surface area contributed by atoms with Crippen LogP contribution in [0, 0.1) is 29.6 Å². The Kier molecular flexibility index (Phi) is 8.31. The Bertz CT molecular complexity index is 1310. The number of aryl methyl sites for hydroxylation is 1. The minimum absolute atomic E-state index is 0.305. The number of carbonyl (C=O) groups is 1. The summed E-state index contributed by atoms with van der Waals surface area (Å²) in [5, 5.41) is 30.0. The fourth-order valence-electron chi connectivity index (χ4n) is 3.75. The van der Waals surface area contributed by atoms with Gasteiger partial charge in [-0.3, -0.25) is 4.79 Å². The lowest BCUT2D eigenvalue weighted by atomic mass is 9.90. The van der Waals surface area contributed by atoms with Gasteiger partial charge in [-0.25, -0.2) is 4.99 Å². The number of aliphatic imine (C=N–C) groups is 1. The van der Waals surface area contributed by atoms with E-state index in [4.69, 9.17) is 4.74 Å². The first-order valence-electron chi connectivity index (χ1n) is 11.5. The third kappa shape index (κ3) is 6.01. The number of anilines is 1. The van der Waals surface area contributed by atoms with E-state index in [-0.39, 0.29) is 5.91 Å². The molecule has 184 valence electrons. The predicted molar refractivity (Wildman–Crippen MR) is 138 cm³/mol. The van der Waals surface area contributed by atoms with Crippen molar-refractivity contribution in [2.45, 2.75) is 33.1 Å². The molecular formula is C27H29N7O2. The lowest BCUT2D eigenvalue weighted by molar-refractivity contribution is 0.0530. The molecule has 0 spiro atoms. The van der Waals surface area contributed by atoms with Gasteiger partial charge in [0.1, 0.15) is 11.9 Å². The molecule has 0 radical (unpaired) electrons. The average Bonchev–Trinajstić information content (AvgIpc) is 2.90. The highest BCUT2D eigenvalue weighted by molar-refractivity contribution is 6.04. The predicted octanol–water partition coefficient (Wildman–Crippen LogP) is 4.01. The van der Waals surface area contributed by atoms with Crippen molar-refractivity contribution in [1.29, 1.82) is 10.5 Å². The van der Waals surface area contributed by atoms with E-state index in [1.807, 2.05) is 36.9 Å². The van der Waals surface area contributed by atoms with Gasteiger partial charge in [-0.15, -0.1) is 0 Å². The molecular weight excluding hydrogens is 454 g/mol. The van der Waals surface area contributed by atoms with Crippen molar-refractivity contribution in [3.63, 3.8) is 0 Å². The molecule has 1 aromatic heterocycles. The molecule has 1 aliphatic heterocycles. The van der Waals surface area contributed by atoms with Gasteiger partial charge in [-0.2, -0.15) is 20.7 Å². The zero-order valence-corrected chi connectivity index (χ0v) is 21.0. The van der Waals surface area contributed by atoms with E-state index in [1.165, 1.54) is 6.20 Å². The molecule has 0 aliphatic carbocycles. The normalized spacial score (nSPS) is 14.8. The lowest BCUT2D eigenvalue weighted by Gasteiger charge is -2.29. The van der Waals surface area contributed by atoms with Crippen molar-refractivity contribution in [3.8, 4) is 12.1 Å². The first-order chi connectivity index (χ1) is 17.2. The van der Waals surface area contributed by atoms with Crippen LogP contribution < -0.4 is 5.32 Å². The number of hydrogen-bond acceptors (Lipinski definition) is 8. The van der Waals surface area contributed by atoms with E-state index in [2.05, 4.69) is 39.4 Å². The van der Waals surface area contributed by atoms with Gasteiger partial charge < -0.3 is 15.0 Å². The molecule has 1 N–H and O–H groups in total. The largest absolute Gasteiger partial charge is 0.378 e. The van der Waals surface area contributed by atoms with Crippen LogP contribution in [-0.2, 0) is 10.2 Å². The van der Waals surface area contributed by atoms with E-state index in [1.54, 1.807) is 26.0 Å². The molecule has 36 heavy (non-hydrogen) atoms. The zero-order chi connectivity index (χ0) is 26.3. The average molecular weight is 484 g/mol. The van der Waals surface area contributed by atoms with Crippen LogP contribution in [-0.4, -0.2) is 54.0 Å². The minimum Gasteiger partial charge on any atom is -0.378 e. The van der Waals surface area contributed by atoms with Gasteiger partial charge in [-0.1, -0.05) is 6.07 Å². The number of allylic oxidation sites excluding steroid dienone is 3. The Morgan fingerprint density at radius 1 is 1.28 bits per heavy atom. The second-order valence-electron chi connectivity index (χ2n) is 8.98. The highest BCUT2D eigenvalue weighted by Gasteiger charge is 2.23. The summed E-state index contributed by atoms with van der Waals surface area (Å²) in [7, 11) is 0. The molecule has 0 atom stereocenters. The lowest BCUT2D eigenvalue weighted by Crippen LogP contribution is -2.35. The van der Waals surface area contributed by atoms with E-state index >= 15 is 0 Å². The maximum Gasteiger partial charge on any atom is 0.257 e. The van der Waals surface area contributed by atoms with Crippen LogP contribution in [0.5, 0.6) is 0 Å². The van der Waals surface area contributed by atoms with Crippen LogP contribution in [0.4, 0.5) is 5.69 Å². The number of carbonyl (C=O) groups excluding carboxylic acids is 1. The second kappa shape index (κ2) is 11.4. The van der Waals surface area contributed by atoms with Crippen LogP contribution in [0.1, 0.15) is 48.0 Å². The topological polar surface area (TPSA) is 127 Å². The molecule has 1 aliphatic rings. The Labute approximate surface area is 211 Å². The minimum atomic E-state index is -0.867. The summed E-state index contributed by atoms with van der Waals surface area (Å²) in [6.07, 6.45) is 3.16. The Morgan fingerprint density at radius 3 is 2.64 bits per heavy atom. The summed E-state index contributed by atoms with van der Waals surface area (Å²) in [6.45, 7) is 13.4. The van der Waals surface area contributed by atoms with E-state index in [0.717, 1.165) is 16.7 Å². The molecule has 1 amide bonds. The Morgan fingerprint density at radius 2 is 2.00 bits per heavy atom. The number of hydrogen-bond donors (Lipinski definition) is 1. The molecule has 2 aromatic rings. The number of ether oxygens (including phenoxy) is 1. The zero-order valence-electron chi connectivity index (χ0n) is 21.0. The highest BCUT2D eigenvalue weighted by Crippen LogP contribution is 2.26. The Hall–Kier alpha value is -4.34. The van der Waals surface area contributed by atoms with Gasteiger partial charge in [0.05, 0.1) is 47.7 Å². The van der Waals surface area contributed by atoms with Crippen LogP contribution >= 0.6 is 0 Å². The molecule has 0 unspecified atom stereocenters. The molecule has 9 heteroatoms. The van der Waals surface area contributed by atoms with Crippen molar-refractivity contribution < 1.29 is 9.53 Å². The summed E-state index contributed by atoms with van der Waals surface area (Å²) >= 11 is 0. The molecule has 0 saturated carbocycles. The van der Waals surface area contributed by atoms with Gasteiger partial charge in [-0.05, 0) is 75.4 Å². The Balaban J connectivity index is 1.89. The third-order valence-electron chi connectivity index (χ3n) is 5.94. The van der Waals surface area contributed by atoms with Gasteiger partial charge in [0, 0.05) is 18.8 Å². The SMILES string of the molecule is C=N/C(=C(C#N)\C=C(/C)c1cc(NC(=O)c2cnnc(C(C)(C)C#N)c2)ccc1C)N1CCOCC1. The molecule has 3 rings (SSSR count). The van der Waals surface area contributed by atoms with Crippen molar-refractivity contribution >= 4 is 23.9 Å². The van der Waals surface area contributed by atoms with Gasteiger partial charge in [0.25, 0.3) is 5.91 Å². The van der Waals surface area contributed by atoms with Gasteiger partial charge in [0.15, 0.2) is 0 Å². The number of nitriles is 2. The van der Waals surface area contributed by atoms with Crippen LogP contribution in [0.15, 0.2) is 52.9 Å². The fraction of sp³-hybridized carbons (Fsp3) is 0.333. The highest BCUT2D eigenvalue weighted by atomic mass is 16.5. The van der Waals surface area contributed by atoms with Crippen LogP contribution in [0.25, 0.3) is 5.57 Å². The van der Waals surface area contributed by atoms with Crippen LogP contribution in [0.2, 0.25) is 0 Å². The van der Waals surface area contributed by atoms with E-state index in [9.17, 15) is 15.3 Å². The quantitative estimate of drug-likeness (QED) is 0.358. The van der Waals surface area contributed by atoms with E-state index < -0.39 is 5.41 Å². The summed E-state index contributed by atoms with van der Waals surface area (Å²) in [5.41, 5.74) is 3.57. The summed E-state index contributed by atoms with van der Waals surface area (Å²) in [4.78, 5) is 19.0. The number of nitrogens with one attached hydrogen (secondary N) is 1. The molecule has 1 saturated heterocycles. The molecule has 9 nitrogen and oxygen atoms in total. The molecule has 1 fully saturated rings. The van der Waals surface area contributed by atoms with Gasteiger partial charge in [0.2, 0.25) is 0 Å². The first kappa shape index (κ1) is 26.3. The van der Waals surface area contributed by atoms with Gasteiger partial charge >= 0.3 is 0 Å². The summed E-state index contributed by atoms with van der Waals surface area (Å²) in [5.74, 6) is 0.169. The summed E-state index contributed by atoms with van der Waals surface area (Å²) in [6, 6.07) is 11.6. The number of aromatic nitrogens is 2. The smallest absolute Gasteiger partial charge is 0.257 e. The number of amides is 1. The molecule has 0 bridgehead atoms. The van der Waals surface area contributed by atoms with Crippen molar-refractivity contribution in [1.82, 2.24) is 15.1 Å². The van der Waals surface area contributed by atoms with Crippen molar-refractivity contribution in [3.05, 3.63) is 70.3 Å². The number of nitrogens with zero attached hydrogens (tertiary/aromatic N) is 6. The maximum atomic E-state index is 12.9. The fourth-order valence-corrected chi connectivity index (χ4v) is 3.75. The van der Waals surface area contributed by atoms with Crippen molar-refractivity contribution in [2.75, 3.05) is 31.6 Å². The number of morpholine rings is 1. The first-order valence-corrected chi connectivity index (χ1v) is 11.5.